The van der Waals surface area contributed by atoms with Crippen LogP contribution in [0.3, 0.4) is 0 Å². The van der Waals surface area contributed by atoms with E-state index in [-0.39, 0.29) is 6.09 Å². The molecule has 0 aliphatic rings. The van der Waals surface area contributed by atoms with E-state index in [9.17, 15) is 4.79 Å². The molecule has 0 radical (unpaired) electrons. The Morgan fingerprint density at radius 3 is 2.60 bits per heavy atom. The van der Waals surface area contributed by atoms with Crippen LogP contribution in [0.25, 0.3) is 22.3 Å². The van der Waals surface area contributed by atoms with Gasteiger partial charge in [0.05, 0.1) is 34.7 Å². The molecule has 0 N–H and O–H groups in total. The normalized spacial score (nSPS) is 11.4. The molecule has 6 nitrogen and oxygen atoms in total. The van der Waals surface area contributed by atoms with Gasteiger partial charge in [-0.3, -0.25) is 4.98 Å². The van der Waals surface area contributed by atoms with Gasteiger partial charge in [-0.2, -0.15) is 0 Å². The van der Waals surface area contributed by atoms with Crippen LogP contribution in [0.2, 0.25) is 5.02 Å². The third kappa shape index (κ3) is 5.83. The highest BCUT2D eigenvalue weighted by atomic mass is 79.9. The van der Waals surface area contributed by atoms with Crippen LogP contribution in [0.15, 0.2) is 47.1 Å². The second kappa shape index (κ2) is 9.18. The maximum absolute atomic E-state index is 12.0. The summed E-state index contributed by atoms with van der Waals surface area (Å²) in [6.07, 6.45) is 1.24. The fraction of sp³-hybridized carbons (Fsp3) is 0.318. The predicted octanol–water partition coefficient (Wildman–Crippen LogP) is 5.96. The lowest BCUT2D eigenvalue weighted by Crippen LogP contribution is -2.36. The first-order valence-corrected chi connectivity index (χ1v) is 10.6. The molecule has 0 aliphatic heterocycles. The van der Waals surface area contributed by atoms with Crippen molar-refractivity contribution in [3.63, 3.8) is 0 Å². The number of likely N-dealkylation sites (N-methyl/N-ethyl adjacent to an activating group) is 1. The van der Waals surface area contributed by atoms with Crippen molar-refractivity contribution in [2.24, 2.45) is 0 Å². The second-order valence-corrected chi connectivity index (χ2v) is 9.10. The van der Waals surface area contributed by atoms with Crippen molar-refractivity contribution >= 4 is 44.5 Å². The molecule has 8 heteroatoms. The fourth-order valence-electron chi connectivity index (χ4n) is 2.64. The number of benzene rings is 1. The van der Waals surface area contributed by atoms with Gasteiger partial charge in [0.15, 0.2) is 0 Å². The van der Waals surface area contributed by atoms with E-state index in [0.717, 1.165) is 15.4 Å². The number of ether oxygens (including phenoxy) is 2. The van der Waals surface area contributed by atoms with Crippen molar-refractivity contribution in [2.75, 3.05) is 20.2 Å². The number of pyridine rings is 2. The van der Waals surface area contributed by atoms with E-state index in [0.29, 0.717) is 35.3 Å². The highest BCUT2D eigenvalue weighted by Crippen LogP contribution is 2.29. The first kappa shape index (κ1) is 22.3. The van der Waals surface area contributed by atoms with Gasteiger partial charge in [-0.1, -0.05) is 33.6 Å². The number of nitrogens with zero attached hydrogens (tertiary/aromatic N) is 3. The summed E-state index contributed by atoms with van der Waals surface area (Å²) in [6, 6.07) is 11.2. The SMILES string of the molecule is CN(CCOc1ccc(-c2cc(Cl)c3ccc(Br)cc3n2)nc1)C(=O)OC(C)(C)C. The molecule has 158 valence electrons. The second-order valence-electron chi connectivity index (χ2n) is 7.78. The number of fused-ring (bicyclic) bond motifs is 1. The zero-order valence-electron chi connectivity index (χ0n) is 17.3. The van der Waals surface area contributed by atoms with Crippen LogP contribution in [0, 0.1) is 0 Å². The molecule has 1 aromatic carbocycles. The average Bonchev–Trinajstić information content (AvgIpc) is 2.66. The Labute approximate surface area is 189 Å². The minimum absolute atomic E-state index is 0.324. The van der Waals surface area contributed by atoms with E-state index >= 15 is 0 Å². The van der Waals surface area contributed by atoms with E-state index in [4.69, 9.17) is 21.1 Å². The summed E-state index contributed by atoms with van der Waals surface area (Å²) in [6.45, 7) is 6.22. The molecule has 0 unspecified atom stereocenters. The smallest absolute Gasteiger partial charge is 0.410 e. The van der Waals surface area contributed by atoms with E-state index in [1.807, 2.05) is 51.1 Å². The van der Waals surface area contributed by atoms with Crippen LogP contribution in [0.1, 0.15) is 20.8 Å². The number of halogens is 2. The van der Waals surface area contributed by atoms with Crippen LogP contribution in [-0.4, -0.2) is 46.8 Å². The quantitative estimate of drug-likeness (QED) is 0.440. The maximum Gasteiger partial charge on any atom is 0.410 e. The Hall–Kier alpha value is -2.38. The zero-order chi connectivity index (χ0) is 21.9. The zero-order valence-corrected chi connectivity index (χ0v) is 19.6. The molecule has 0 spiro atoms. The molecule has 30 heavy (non-hydrogen) atoms. The Bertz CT molecular complexity index is 1050. The Balaban J connectivity index is 1.63. The first-order chi connectivity index (χ1) is 14.1. The van der Waals surface area contributed by atoms with E-state index < -0.39 is 5.60 Å². The number of rotatable bonds is 5. The maximum atomic E-state index is 12.0. The molecule has 0 saturated heterocycles. The third-order valence-corrected chi connectivity index (χ3v) is 4.93. The summed E-state index contributed by atoms with van der Waals surface area (Å²) in [4.78, 5) is 22.5. The highest BCUT2D eigenvalue weighted by molar-refractivity contribution is 9.10. The molecule has 3 aromatic rings. The summed E-state index contributed by atoms with van der Waals surface area (Å²) < 4.78 is 11.9. The van der Waals surface area contributed by atoms with Gasteiger partial charge in [-0.25, -0.2) is 9.78 Å². The van der Waals surface area contributed by atoms with Gasteiger partial charge in [-0.15, -0.1) is 0 Å². The summed E-state index contributed by atoms with van der Waals surface area (Å²) >= 11 is 9.87. The Morgan fingerprint density at radius 2 is 1.93 bits per heavy atom. The van der Waals surface area contributed by atoms with Crippen molar-refractivity contribution in [1.29, 1.82) is 0 Å². The van der Waals surface area contributed by atoms with Crippen molar-refractivity contribution < 1.29 is 14.3 Å². The molecule has 0 fully saturated rings. The monoisotopic (exact) mass is 491 g/mol. The number of carbonyl (C=O) groups is 1. The number of amides is 1. The van der Waals surface area contributed by atoms with E-state index in [1.165, 1.54) is 4.90 Å². The lowest BCUT2D eigenvalue weighted by atomic mass is 10.1. The minimum atomic E-state index is -0.526. The van der Waals surface area contributed by atoms with Crippen LogP contribution in [0.4, 0.5) is 4.79 Å². The van der Waals surface area contributed by atoms with Crippen LogP contribution >= 0.6 is 27.5 Å². The van der Waals surface area contributed by atoms with Crippen LogP contribution in [0.5, 0.6) is 5.75 Å². The summed E-state index contributed by atoms with van der Waals surface area (Å²) in [5.74, 6) is 0.603. The number of aromatic nitrogens is 2. The molecule has 0 bridgehead atoms. The van der Waals surface area contributed by atoms with Gasteiger partial charge < -0.3 is 14.4 Å². The van der Waals surface area contributed by atoms with Crippen LogP contribution < -0.4 is 4.74 Å². The lowest BCUT2D eigenvalue weighted by molar-refractivity contribution is 0.0278. The van der Waals surface area contributed by atoms with Gasteiger partial charge in [0.1, 0.15) is 18.0 Å². The summed E-state index contributed by atoms with van der Waals surface area (Å²) in [5, 5.41) is 1.51. The largest absolute Gasteiger partial charge is 0.490 e. The molecular formula is C22H23BrClN3O3. The van der Waals surface area contributed by atoms with Crippen molar-refractivity contribution in [1.82, 2.24) is 14.9 Å². The fourth-order valence-corrected chi connectivity index (χ4v) is 3.25. The van der Waals surface area contributed by atoms with Crippen molar-refractivity contribution in [3.05, 3.63) is 52.1 Å². The number of carbonyl (C=O) groups excluding carboxylic acids is 1. The van der Waals surface area contributed by atoms with Gasteiger partial charge in [-0.05, 0) is 51.1 Å². The predicted molar refractivity (Wildman–Crippen MR) is 122 cm³/mol. The third-order valence-electron chi connectivity index (χ3n) is 4.12. The topological polar surface area (TPSA) is 64.5 Å². The first-order valence-electron chi connectivity index (χ1n) is 9.41. The summed E-state index contributed by atoms with van der Waals surface area (Å²) in [7, 11) is 1.67. The lowest BCUT2D eigenvalue weighted by Gasteiger charge is -2.24. The molecule has 0 aliphatic carbocycles. The molecular weight excluding hydrogens is 470 g/mol. The van der Waals surface area contributed by atoms with Gasteiger partial charge in [0, 0.05) is 16.9 Å². The Morgan fingerprint density at radius 1 is 1.17 bits per heavy atom. The Kier molecular flexibility index (Phi) is 6.83. The minimum Gasteiger partial charge on any atom is -0.490 e. The van der Waals surface area contributed by atoms with E-state index in [2.05, 4.69) is 25.9 Å². The van der Waals surface area contributed by atoms with Gasteiger partial charge >= 0.3 is 6.09 Å². The molecule has 2 aromatic heterocycles. The standard InChI is InChI=1S/C22H23BrClN3O3/c1-22(2,3)30-21(28)27(4)9-10-29-15-6-8-18(25-13-15)20-12-17(24)16-7-5-14(23)11-19(16)26-20/h5-8,11-13H,9-10H2,1-4H3. The van der Waals surface area contributed by atoms with Crippen LogP contribution in [-0.2, 0) is 4.74 Å². The van der Waals surface area contributed by atoms with Gasteiger partial charge in [0.25, 0.3) is 0 Å². The number of hydrogen-bond donors (Lipinski definition) is 0. The molecule has 0 saturated carbocycles. The number of hydrogen-bond acceptors (Lipinski definition) is 5. The highest BCUT2D eigenvalue weighted by Gasteiger charge is 2.19. The molecule has 0 atom stereocenters. The summed E-state index contributed by atoms with van der Waals surface area (Å²) in [5.41, 5.74) is 1.64. The van der Waals surface area contributed by atoms with Crippen molar-refractivity contribution in [3.8, 4) is 17.1 Å². The van der Waals surface area contributed by atoms with E-state index in [1.54, 1.807) is 19.3 Å². The average molecular weight is 493 g/mol. The van der Waals surface area contributed by atoms with Gasteiger partial charge in [0.2, 0.25) is 0 Å². The molecule has 3 rings (SSSR count). The molecule has 2 heterocycles. The molecule has 1 amide bonds. The van der Waals surface area contributed by atoms with Crippen molar-refractivity contribution in [2.45, 2.75) is 26.4 Å².